The van der Waals surface area contributed by atoms with Crippen molar-refractivity contribution in [2.75, 3.05) is 18.5 Å². The van der Waals surface area contributed by atoms with E-state index in [4.69, 9.17) is 0 Å². The minimum Gasteiger partial charge on any atom is -0.359 e. The van der Waals surface area contributed by atoms with Crippen molar-refractivity contribution >= 4 is 17.6 Å². The summed E-state index contributed by atoms with van der Waals surface area (Å²) in [5.41, 5.74) is 2.33. The lowest BCUT2D eigenvalue weighted by atomic mass is 10.1. The van der Waals surface area contributed by atoms with Crippen LogP contribution in [0.25, 0.3) is 0 Å². The van der Waals surface area contributed by atoms with Gasteiger partial charge in [-0.25, -0.2) is 4.79 Å². The second kappa shape index (κ2) is 5.08. The Hall–Kier alpha value is -2.04. The zero-order valence-electron chi connectivity index (χ0n) is 10.6. The molecular formula is C13H17N3O2. The third-order valence-corrected chi connectivity index (χ3v) is 3.14. The van der Waals surface area contributed by atoms with Crippen LogP contribution in [0.5, 0.6) is 0 Å². The molecule has 0 saturated carbocycles. The molecule has 0 saturated heterocycles. The van der Waals surface area contributed by atoms with Crippen LogP contribution in [0.4, 0.5) is 10.5 Å². The van der Waals surface area contributed by atoms with E-state index in [1.807, 2.05) is 23.1 Å². The molecule has 1 atom stereocenters. The Morgan fingerprint density at radius 1 is 1.39 bits per heavy atom. The molecule has 1 unspecified atom stereocenters. The fraction of sp³-hybridized carbons (Fsp3) is 0.385. The van der Waals surface area contributed by atoms with Crippen molar-refractivity contribution in [3.63, 3.8) is 0 Å². The molecule has 0 fully saturated rings. The van der Waals surface area contributed by atoms with Gasteiger partial charge in [-0.3, -0.25) is 10.1 Å². The van der Waals surface area contributed by atoms with Gasteiger partial charge in [-0.2, -0.15) is 0 Å². The number of imide groups is 1. The summed E-state index contributed by atoms with van der Waals surface area (Å²) in [5.74, 6) is -0.294. The van der Waals surface area contributed by atoms with E-state index < -0.39 is 6.03 Å². The smallest absolute Gasteiger partial charge is 0.321 e. The number of para-hydroxylation sites is 1. The minimum atomic E-state index is -0.472. The minimum absolute atomic E-state index is 0.200. The van der Waals surface area contributed by atoms with Gasteiger partial charge in [0.05, 0.1) is 6.54 Å². The molecule has 1 aliphatic heterocycles. The van der Waals surface area contributed by atoms with Gasteiger partial charge in [-0.1, -0.05) is 18.2 Å². The number of amides is 3. The molecule has 1 aliphatic rings. The van der Waals surface area contributed by atoms with Gasteiger partial charge in [0, 0.05) is 18.8 Å². The van der Waals surface area contributed by atoms with Crippen LogP contribution in [0.1, 0.15) is 12.5 Å². The number of benzene rings is 1. The predicted molar refractivity (Wildman–Crippen MR) is 69.6 cm³/mol. The molecular weight excluding hydrogens is 230 g/mol. The first-order valence-corrected chi connectivity index (χ1v) is 5.98. The molecule has 18 heavy (non-hydrogen) atoms. The molecule has 5 nitrogen and oxygen atoms in total. The van der Waals surface area contributed by atoms with Crippen LogP contribution in [-0.2, 0) is 11.2 Å². The van der Waals surface area contributed by atoms with Crippen molar-refractivity contribution in [2.24, 2.45) is 0 Å². The van der Waals surface area contributed by atoms with E-state index in [2.05, 4.69) is 23.6 Å². The van der Waals surface area contributed by atoms with Crippen molar-refractivity contribution < 1.29 is 9.59 Å². The molecule has 3 amide bonds. The SMILES string of the molecule is CNC(=O)NC(=O)CN1c2ccccc2CC1C. The third-order valence-electron chi connectivity index (χ3n) is 3.14. The molecule has 0 spiro atoms. The van der Waals surface area contributed by atoms with Gasteiger partial charge in [-0.15, -0.1) is 0 Å². The average molecular weight is 247 g/mol. The summed E-state index contributed by atoms with van der Waals surface area (Å²) in [6, 6.07) is 7.84. The zero-order valence-corrected chi connectivity index (χ0v) is 10.6. The van der Waals surface area contributed by atoms with E-state index in [9.17, 15) is 9.59 Å². The second-order valence-electron chi connectivity index (χ2n) is 4.44. The van der Waals surface area contributed by atoms with E-state index in [-0.39, 0.29) is 18.5 Å². The first-order chi connectivity index (χ1) is 8.61. The van der Waals surface area contributed by atoms with Crippen LogP contribution in [0.3, 0.4) is 0 Å². The second-order valence-corrected chi connectivity index (χ2v) is 4.44. The lowest BCUT2D eigenvalue weighted by molar-refractivity contribution is -0.118. The van der Waals surface area contributed by atoms with Crippen LogP contribution in [-0.4, -0.2) is 31.6 Å². The van der Waals surface area contributed by atoms with Gasteiger partial charge in [0.1, 0.15) is 0 Å². The highest BCUT2D eigenvalue weighted by molar-refractivity contribution is 5.96. The van der Waals surface area contributed by atoms with Gasteiger partial charge >= 0.3 is 6.03 Å². The first kappa shape index (κ1) is 12.4. The maximum Gasteiger partial charge on any atom is 0.321 e. The standard InChI is InChI=1S/C13H17N3O2/c1-9-7-10-5-3-4-6-11(10)16(9)8-12(17)15-13(18)14-2/h3-6,9H,7-8H2,1-2H3,(H2,14,15,17,18). The van der Waals surface area contributed by atoms with E-state index in [1.165, 1.54) is 12.6 Å². The highest BCUT2D eigenvalue weighted by Gasteiger charge is 2.27. The molecule has 0 aromatic heterocycles. The average Bonchev–Trinajstić information content (AvgIpc) is 2.66. The molecule has 5 heteroatoms. The Balaban J connectivity index is 2.06. The fourth-order valence-corrected chi connectivity index (χ4v) is 2.25. The molecule has 1 aromatic carbocycles. The topological polar surface area (TPSA) is 61.4 Å². The number of carbonyl (C=O) groups excluding carboxylic acids is 2. The van der Waals surface area contributed by atoms with Gasteiger partial charge in [0.25, 0.3) is 0 Å². The Kier molecular flexibility index (Phi) is 3.50. The molecule has 1 aromatic rings. The maximum atomic E-state index is 11.7. The molecule has 0 aliphatic carbocycles. The summed E-state index contributed by atoms with van der Waals surface area (Å²) in [7, 11) is 1.48. The highest BCUT2D eigenvalue weighted by atomic mass is 16.2. The molecule has 2 rings (SSSR count). The van der Waals surface area contributed by atoms with Crippen molar-refractivity contribution in [2.45, 2.75) is 19.4 Å². The lowest BCUT2D eigenvalue weighted by Gasteiger charge is -2.23. The van der Waals surface area contributed by atoms with E-state index in [1.54, 1.807) is 0 Å². The summed E-state index contributed by atoms with van der Waals surface area (Å²) in [6.07, 6.45) is 0.934. The summed E-state index contributed by atoms with van der Waals surface area (Å²) in [6.45, 7) is 2.28. The summed E-state index contributed by atoms with van der Waals surface area (Å²) < 4.78 is 0. The normalized spacial score (nSPS) is 17.2. The van der Waals surface area contributed by atoms with E-state index >= 15 is 0 Å². The van der Waals surface area contributed by atoms with Gasteiger partial charge in [0.2, 0.25) is 5.91 Å². The number of urea groups is 1. The van der Waals surface area contributed by atoms with Crippen molar-refractivity contribution in [3.8, 4) is 0 Å². The summed E-state index contributed by atoms with van der Waals surface area (Å²) in [5, 5.41) is 4.64. The number of nitrogens with one attached hydrogen (secondary N) is 2. The zero-order chi connectivity index (χ0) is 13.1. The van der Waals surface area contributed by atoms with Crippen LogP contribution in [0, 0.1) is 0 Å². The number of carbonyl (C=O) groups is 2. The quantitative estimate of drug-likeness (QED) is 0.816. The largest absolute Gasteiger partial charge is 0.359 e. The lowest BCUT2D eigenvalue weighted by Crippen LogP contribution is -2.45. The highest BCUT2D eigenvalue weighted by Crippen LogP contribution is 2.31. The van der Waals surface area contributed by atoms with E-state index in [0.717, 1.165) is 12.1 Å². The van der Waals surface area contributed by atoms with Crippen LogP contribution < -0.4 is 15.5 Å². The van der Waals surface area contributed by atoms with Crippen LogP contribution >= 0.6 is 0 Å². The maximum absolute atomic E-state index is 11.7. The molecule has 0 radical (unpaired) electrons. The van der Waals surface area contributed by atoms with E-state index in [0.29, 0.717) is 0 Å². The van der Waals surface area contributed by atoms with Crippen molar-refractivity contribution in [1.82, 2.24) is 10.6 Å². The van der Waals surface area contributed by atoms with Crippen LogP contribution in [0.2, 0.25) is 0 Å². The molecule has 96 valence electrons. The van der Waals surface area contributed by atoms with Gasteiger partial charge in [0.15, 0.2) is 0 Å². The summed E-state index contributed by atoms with van der Waals surface area (Å²) >= 11 is 0. The van der Waals surface area contributed by atoms with Crippen molar-refractivity contribution in [1.29, 1.82) is 0 Å². The predicted octanol–water partition coefficient (Wildman–Crippen LogP) is 0.893. The number of anilines is 1. The number of fused-ring (bicyclic) bond motifs is 1. The molecule has 2 N–H and O–H groups in total. The fourth-order valence-electron chi connectivity index (χ4n) is 2.25. The number of nitrogens with zero attached hydrogens (tertiary/aromatic N) is 1. The van der Waals surface area contributed by atoms with Gasteiger partial charge < -0.3 is 10.2 Å². The van der Waals surface area contributed by atoms with Gasteiger partial charge in [-0.05, 0) is 25.0 Å². The Morgan fingerprint density at radius 3 is 2.83 bits per heavy atom. The Bertz CT molecular complexity index is 473. The number of hydrogen-bond donors (Lipinski definition) is 2. The first-order valence-electron chi connectivity index (χ1n) is 5.98. The van der Waals surface area contributed by atoms with Crippen molar-refractivity contribution in [3.05, 3.63) is 29.8 Å². The number of rotatable bonds is 2. The Morgan fingerprint density at radius 2 is 2.11 bits per heavy atom. The molecule has 0 bridgehead atoms. The number of hydrogen-bond acceptors (Lipinski definition) is 3. The third kappa shape index (κ3) is 2.45. The molecule has 1 heterocycles. The monoisotopic (exact) mass is 247 g/mol. The summed E-state index contributed by atoms with van der Waals surface area (Å²) in [4.78, 5) is 24.8. The van der Waals surface area contributed by atoms with Crippen LogP contribution in [0.15, 0.2) is 24.3 Å². The Labute approximate surface area is 106 Å².